The predicted octanol–water partition coefficient (Wildman–Crippen LogP) is -0.853. The molecule has 3 fully saturated rings. The summed E-state index contributed by atoms with van der Waals surface area (Å²) in [7, 11) is 0. The molecule has 2 saturated carbocycles. The molecular formula is C9H12O4. The summed E-state index contributed by atoms with van der Waals surface area (Å²) in [6.07, 6.45) is -0.365. The molecule has 0 spiro atoms. The average Bonchev–Trinajstić information content (AvgIpc) is 2.64. The Kier molecular flexibility index (Phi) is 1.34. The van der Waals surface area contributed by atoms with Gasteiger partial charge in [0.25, 0.3) is 0 Å². The van der Waals surface area contributed by atoms with E-state index in [1.807, 2.05) is 0 Å². The summed E-state index contributed by atoms with van der Waals surface area (Å²) in [5.74, 6) is -0.426. The minimum absolute atomic E-state index is 0.0556. The van der Waals surface area contributed by atoms with Crippen molar-refractivity contribution in [2.24, 2.45) is 23.7 Å². The number of aliphatic hydroxyl groups excluding tert-OH is 2. The summed E-state index contributed by atoms with van der Waals surface area (Å²) in [4.78, 5) is 11.3. The molecule has 4 nitrogen and oxygen atoms in total. The van der Waals surface area contributed by atoms with E-state index < -0.39 is 12.2 Å². The molecule has 72 valence electrons. The van der Waals surface area contributed by atoms with Gasteiger partial charge in [-0.05, 0) is 6.42 Å². The van der Waals surface area contributed by atoms with Crippen molar-refractivity contribution in [1.82, 2.24) is 0 Å². The monoisotopic (exact) mass is 184 g/mol. The number of ether oxygens (including phenoxy) is 1. The number of aliphatic hydroxyl groups is 2. The van der Waals surface area contributed by atoms with Crippen molar-refractivity contribution < 1.29 is 19.7 Å². The maximum atomic E-state index is 11.3. The largest absolute Gasteiger partial charge is 0.465 e. The van der Waals surface area contributed by atoms with E-state index >= 15 is 0 Å². The third kappa shape index (κ3) is 0.758. The van der Waals surface area contributed by atoms with E-state index in [0.717, 1.165) is 0 Å². The van der Waals surface area contributed by atoms with Crippen molar-refractivity contribution in [2.75, 3.05) is 6.61 Å². The summed E-state index contributed by atoms with van der Waals surface area (Å²) >= 11 is 0. The Morgan fingerprint density at radius 3 is 2.85 bits per heavy atom. The van der Waals surface area contributed by atoms with Crippen molar-refractivity contribution in [3.63, 3.8) is 0 Å². The van der Waals surface area contributed by atoms with Crippen molar-refractivity contribution in [1.29, 1.82) is 0 Å². The Morgan fingerprint density at radius 2 is 2.08 bits per heavy atom. The molecule has 1 saturated heterocycles. The van der Waals surface area contributed by atoms with E-state index in [0.29, 0.717) is 13.0 Å². The third-order valence-corrected chi connectivity index (χ3v) is 3.90. The van der Waals surface area contributed by atoms with Crippen LogP contribution in [0.2, 0.25) is 0 Å². The second kappa shape index (κ2) is 2.25. The van der Waals surface area contributed by atoms with Gasteiger partial charge in [-0.15, -0.1) is 0 Å². The smallest absolute Gasteiger partial charge is 0.309 e. The zero-order valence-corrected chi connectivity index (χ0v) is 7.09. The Labute approximate surface area is 75.5 Å². The third-order valence-electron chi connectivity index (χ3n) is 3.90. The lowest BCUT2D eigenvalue weighted by Gasteiger charge is -2.23. The fraction of sp³-hybridized carbons (Fsp3) is 0.889. The summed E-state index contributed by atoms with van der Waals surface area (Å²) in [5, 5.41) is 19.4. The second-order valence-electron chi connectivity index (χ2n) is 4.35. The second-order valence-corrected chi connectivity index (χ2v) is 4.35. The van der Waals surface area contributed by atoms with Gasteiger partial charge < -0.3 is 14.9 Å². The highest BCUT2D eigenvalue weighted by atomic mass is 16.5. The average molecular weight is 184 g/mol. The lowest BCUT2D eigenvalue weighted by molar-refractivity contribution is -0.143. The molecule has 13 heavy (non-hydrogen) atoms. The number of esters is 1. The molecule has 2 bridgehead atoms. The molecule has 1 heterocycles. The van der Waals surface area contributed by atoms with Crippen molar-refractivity contribution in [2.45, 2.75) is 18.6 Å². The molecule has 2 N–H and O–H groups in total. The van der Waals surface area contributed by atoms with Gasteiger partial charge in [0, 0.05) is 17.8 Å². The van der Waals surface area contributed by atoms with Gasteiger partial charge in [-0.1, -0.05) is 0 Å². The lowest BCUT2D eigenvalue weighted by atomic mass is 9.80. The number of cyclic esters (lactones) is 1. The number of carbonyl (C=O) groups is 1. The SMILES string of the molecule is O=C1OC[C@@H]2[C@@H]1[C@H]1C[C@H](O)[C@H]2[C@@H]1O. The van der Waals surface area contributed by atoms with E-state index in [2.05, 4.69) is 0 Å². The summed E-state index contributed by atoms with van der Waals surface area (Å²) in [6.45, 7) is 0.388. The highest BCUT2D eigenvalue weighted by Crippen LogP contribution is 2.55. The molecule has 2 aliphatic carbocycles. The first kappa shape index (κ1) is 7.76. The fourth-order valence-electron chi connectivity index (χ4n) is 3.38. The molecule has 3 rings (SSSR count). The number of fused-ring (bicyclic) bond motifs is 5. The molecule has 1 aliphatic heterocycles. The highest BCUT2D eigenvalue weighted by molar-refractivity contribution is 5.76. The van der Waals surface area contributed by atoms with Gasteiger partial charge in [0.15, 0.2) is 0 Å². The van der Waals surface area contributed by atoms with Gasteiger partial charge >= 0.3 is 5.97 Å². The maximum absolute atomic E-state index is 11.3. The molecule has 0 amide bonds. The van der Waals surface area contributed by atoms with Crippen LogP contribution in [0, 0.1) is 23.7 Å². The molecule has 0 aromatic heterocycles. The molecule has 3 aliphatic rings. The normalized spacial score (nSPS) is 58.2. The van der Waals surface area contributed by atoms with Gasteiger partial charge in [0.2, 0.25) is 0 Å². The number of carbonyl (C=O) groups excluding carboxylic acids is 1. The van der Waals surface area contributed by atoms with Gasteiger partial charge in [-0.2, -0.15) is 0 Å². The maximum Gasteiger partial charge on any atom is 0.309 e. The van der Waals surface area contributed by atoms with Gasteiger partial charge in [-0.25, -0.2) is 0 Å². The van der Waals surface area contributed by atoms with E-state index in [4.69, 9.17) is 4.74 Å². The summed E-state index contributed by atoms with van der Waals surface area (Å²) in [6, 6.07) is 0. The van der Waals surface area contributed by atoms with E-state index in [1.165, 1.54) is 0 Å². The summed E-state index contributed by atoms with van der Waals surface area (Å²) < 4.78 is 4.94. The number of hydrogen-bond acceptors (Lipinski definition) is 4. The first-order valence-corrected chi connectivity index (χ1v) is 4.73. The van der Waals surface area contributed by atoms with Gasteiger partial charge in [0.05, 0.1) is 24.7 Å². The van der Waals surface area contributed by atoms with Gasteiger partial charge in [-0.3, -0.25) is 4.79 Å². The van der Waals surface area contributed by atoms with Crippen molar-refractivity contribution in [3.8, 4) is 0 Å². The number of rotatable bonds is 0. The predicted molar refractivity (Wildman–Crippen MR) is 41.5 cm³/mol. The van der Waals surface area contributed by atoms with Crippen LogP contribution in [0.3, 0.4) is 0 Å². The van der Waals surface area contributed by atoms with Crippen molar-refractivity contribution in [3.05, 3.63) is 0 Å². The van der Waals surface area contributed by atoms with Crippen LogP contribution in [-0.4, -0.2) is 35.0 Å². The minimum atomic E-state index is -0.488. The topological polar surface area (TPSA) is 66.8 Å². The molecule has 0 radical (unpaired) electrons. The molecule has 0 aromatic carbocycles. The van der Waals surface area contributed by atoms with Crippen LogP contribution < -0.4 is 0 Å². The molecule has 6 atom stereocenters. The van der Waals surface area contributed by atoms with Crippen LogP contribution in [-0.2, 0) is 9.53 Å². The fourth-order valence-corrected chi connectivity index (χ4v) is 3.38. The Bertz CT molecular complexity index is 262. The first-order chi connectivity index (χ1) is 6.20. The van der Waals surface area contributed by atoms with Crippen LogP contribution in [0.4, 0.5) is 0 Å². The minimum Gasteiger partial charge on any atom is -0.465 e. The molecule has 0 unspecified atom stereocenters. The quantitative estimate of drug-likeness (QED) is 0.481. The molecular weight excluding hydrogens is 172 g/mol. The van der Waals surface area contributed by atoms with Crippen LogP contribution in [0.5, 0.6) is 0 Å². The van der Waals surface area contributed by atoms with Crippen LogP contribution >= 0.6 is 0 Å². The van der Waals surface area contributed by atoms with E-state index in [9.17, 15) is 15.0 Å². The Balaban J connectivity index is 1.98. The van der Waals surface area contributed by atoms with Crippen LogP contribution in [0.1, 0.15) is 6.42 Å². The Hall–Kier alpha value is -0.610. The standard InChI is InChI=1S/C9H12O4/c10-5-1-3-6-4(2-13-9(6)12)7(5)8(3)11/h3-8,10-11H,1-2H2/t3-,4-,5+,6+,7+,8-/m1/s1. The van der Waals surface area contributed by atoms with Crippen LogP contribution in [0.25, 0.3) is 0 Å². The number of hydrogen-bond donors (Lipinski definition) is 2. The van der Waals surface area contributed by atoms with Gasteiger partial charge in [0.1, 0.15) is 0 Å². The Morgan fingerprint density at radius 1 is 1.31 bits per heavy atom. The van der Waals surface area contributed by atoms with E-state index in [1.54, 1.807) is 0 Å². The zero-order chi connectivity index (χ0) is 9.16. The van der Waals surface area contributed by atoms with Crippen LogP contribution in [0.15, 0.2) is 0 Å². The highest BCUT2D eigenvalue weighted by Gasteiger charge is 2.63. The lowest BCUT2D eigenvalue weighted by Crippen LogP contribution is -2.31. The zero-order valence-electron chi connectivity index (χ0n) is 7.09. The van der Waals surface area contributed by atoms with Crippen molar-refractivity contribution >= 4 is 5.97 Å². The molecule has 0 aromatic rings. The summed E-state index contributed by atoms with van der Waals surface area (Å²) in [5.41, 5.74) is 0. The molecule has 4 heteroatoms. The first-order valence-electron chi connectivity index (χ1n) is 4.73. The van der Waals surface area contributed by atoms with E-state index in [-0.39, 0.29) is 29.6 Å².